The SMILES string of the molecule is CC1=C(C(=O)OCC(C)C)C(c2ccc(NC(=O)CCC3CCCC3)cc2)NC(=S)N1C. The first kappa shape index (κ1) is 24.2. The molecule has 0 aromatic heterocycles. The highest BCUT2D eigenvalue weighted by Crippen LogP contribution is 2.32. The number of benzene rings is 1. The number of nitrogens with one attached hydrogen (secondary N) is 2. The van der Waals surface area contributed by atoms with Crippen LogP contribution in [-0.4, -0.2) is 35.5 Å². The van der Waals surface area contributed by atoms with E-state index < -0.39 is 6.04 Å². The molecule has 1 atom stereocenters. The van der Waals surface area contributed by atoms with Crippen molar-refractivity contribution in [3.05, 3.63) is 41.1 Å². The van der Waals surface area contributed by atoms with E-state index in [1.807, 2.05) is 52.1 Å². The summed E-state index contributed by atoms with van der Waals surface area (Å²) in [7, 11) is 1.83. The Balaban J connectivity index is 1.69. The number of carbonyl (C=O) groups excluding carboxylic acids is 2. The van der Waals surface area contributed by atoms with Crippen LogP contribution in [0.15, 0.2) is 35.5 Å². The third-order valence-electron chi connectivity index (χ3n) is 6.30. The van der Waals surface area contributed by atoms with Gasteiger partial charge in [-0.1, -0.05) is 51.7 Å². The zero-order chi connectivity index (χ0) is 23.3. The Kier molecular flexibility index (Phi) is 8.29. The molecule has 1 aromatic carbocycles. The molecule has 2 aliphatic rings. The molecule has 0 bridgehead atoms. The number of ether oxygens (including phenoxy) is 1. The maximum absolute atomic E-state index is 12.9. The Morgan fingerprint density at radius 3 is 2.50 bits per heavy atom. The smallest absolute Gasteiger partial charge is 0.338 e. The van der Waals surface area contributed by atoms with Gasteiger partial charge in [-0.2, -0.15) is 0 Å². The molecule has 2 N–H and O–H groups in total. The van der Waals surface area contributed by atoms with Gasteiger partial charge in [0.05, 0.1) is 18.2 Å². The molecule has 3 rings (SSSR count). The number of amides is 1. The number of thiocarbonyl (C=S) groups is 1. The van der Waals surface area contributed by atoms with Gasteiger partial charge in [-0.05, 0) is 55.1 Å². The Morgan fingerprint density at radius 2 is 1.88 bits per heavy atom. The molecule has 1 fully saturated rings. The molecule has 7 heteroatoms. The molecule has 0 saturated heterocycles. The van der Waals surface area contributed by atoms with E-state index in [0.29, 0.717) is 29.6 Å². The standard InChI is InChI=1S/C25H35N3O3S/c1-16(2)15-31-24(30)22-17(3)28(4)25(32)27-23(22)19-10-12-20(13-11-19)26-21(29)14-9-18-7-5-6-8-18/h10-13,16,18,23H,5-9,14-15H2,1-4H3,(H,26,29)(H,27,32). The molecule has 1 aliphatic heterocycles. The molecule has 32 heavy (non-hydrogen) atoms. The summed E-state index contributed by atoms with van der Waals surface area (Å²) in [6.45, 7) is 6.26. The second kappa shape index (κ2) is 10.9. The van der Waals surface area contributed by atoms with E-state index in [4.69, 9.17) is 17.0 Å². The Morgan fingerprint density at radius 1 is 1.22 bits per heavy atom. The molecular formula is C25H35N3O3S. The number of allylic oxidation sites excluding steroid dienone is 1. The average molecular weight is 458 g/mol. The van der Waals surface area contributed by atoms with Crippen LogP contribution in [0.4, 0.5) is 5.69 Å². The molecule has 0 spiro atoms. The van der Waals surface area contributed by atoms with E-state index in [0.717, 1.165) is 23.4 Å². The van der Waals surface area contributed by atoms with Crippen LogP contribution in [0.25, 0.3) is 0 Å². The van der Waals surface area contributed by atoms with Gasteiger partial charge in [0.15, 0.2) is 5.11 Å². The molecule has 6 nitrogen and oxygen atoms in total. The minimum absolute atomic E-state index is 0.0527. The fourth-order valence-corrected chi connectivity index (χ4v) is 4.54. The molecule has 1 unspecified atom stereocenters. The quantitative estimate of drug-likeness (QED) is 0.426. The van der Waals surface area contributed by atoms with E-state index in [1.165, 1.54) is 25.7 Å². The number of carbonyl (C=O) groups is 2. The third-order valence-corrected chi connectivity index (χ3v) is 6.70. The maximum Gasteiger partial charge on any atom is 0.338 e. The third kappa shape index (κ3) is 6.09. The van der Waals surface area contributed by atoms with E-state index in [2.05, 4.69) is 10.6 Å². The summed E-state index contributed by atoms with van der Waals surface area (Å²) in [6, 6.07) is 7.18. The maximum atomic E-state index is 12.9. The number of rotatable bonds is 8. The van der Waals surface area contributed by atoms with Gasteiger partial charge in [0.1, 0.15) is 0 Å². The predicted octanol–water partition coefficient (Wildman–Crippen LogP) is 4.93. The number of hydrogen-bond donors (Lipinski definition) is 2. The van der Waals surface area contributed by atoms with Crippen LogP contribution >= 0.6 is 12.2 Å². The van der Waals surface area contributed by atoms with Gasteiger partial charge < -0.3 is 20.3 Å². The molecule has 174 valence electrons. The lowest BCUT2D eigenvalue weighted by Gasteiger charge is -2.35. The van der Waals surface area contributed by atoms with Crippen molar-refractivity contribution in [2.75, 3.05) is 19.0 Å². The van der Waals surface area contributed by atoms with Crippen molar-refractivity contribution in [2.45, 2.75) is 65.3 Å². The van der Waals surface area contributed by atoms with Gasteiger partial charge >= 0.3 is 5.97 Å². The predicted molar refractivity (Wildman–Crippen MR) is 131 cm³/mol. The van der Waals surface area contributed by atoms with E-state index in [9.17, 15) is 9.59 Å². The van der Waals surface area contributed by atoms with Crippen LogP contribution in [0.1, 0.15) is 70.9 Å². The zero-order valence-corrected chi connectivity index (χ0v) is 20.4. The van der Waals surface area contributed by atoms with Crippen molar-refractivity contribution in [3.63, 3.8) is 0 Å². The van der Waals surface area contributed by atoms with E-state index >= 15 is 0 Å². The number of anilines is 1. The molecule has 1 heterocycles. The van der Waals surface area contributed by atoms with Crippen LogP contribution in [0, 0.1) is 11.8 Å². The van der Waals surface area contributed by atoms with Gasteiger partial charge in [-0.25, -0.2) is 4.79 Å². The first-order chi connectivity index (χ1) is 15.3. The highest BCUT2D eigenvalue weighted by molar-refractivity contribution is 7.80. The Hall–Kier alpha value is -2.41. The lowest BCUT2D eigenvalue weighted by molar-refractivity contribution is -0.140. The first-order valence-corrected chi connectivity index (χ1v) is 12.0. The first-order valence-electron chi connectivity index (χ1n) is 11.6. The topological polar surface area (TPSA) is 70.7 Å². The molecule has 1 saturated carbocycles. The van der Waals surface area contributed by atoms with Gasteiger partial charge in [-0.15, -0.1) is 0 Å². The van der Waals surface area contributed by atoms with Crippen LogP contribution in [0.2, 0.25) is 0 Å². The Labute approximate surface area is 196 Å². The van der Waals surface area contributed by atoms with E-state index in [1.54, 1.807) is 4.90 Å². The highest BCUT2D eigenvalue weighted by Gasteiger charge is 2.33. The molecule has 1 amide bonds. The fraction of sp³-hybridized carbons (Fsp3) is 0.560. The normalized spacial score (nSPS) is 19.3. The van der Waals surface area contributed by atoms with Crippen molar-refractivity contribution in [3.8, 4) is 0 Å². The van der Waals surface area contributed by atoms with Crippen molar-refractivity contribution < 1.29 is 14.3 Å². The van der Waals surface area contributed by atoms with Crippen molar-refractivity contribution in [1.82, 2.24) is 10.2 Å². The lowest BCUT2D eigenvalue weighted by atomic mass is 9.95. The largest absolute Gasteiger partial charge is 0.462 e. The summed E-state index contributed by atoms with van der Waals surface area (Å²) in [5.74, 6) is 0.667. The summed E-state index contributed by atoms with van der Waals surface area (Å²) in [5.41, 5.74) is 2.97. The van der Waals surface area contributed by atoms with Crippen molar-refractivity contribution in [1.29, 1.82) is 0 Å². The average Bonchev–Trinajstić information content (AvgIpc) is 3.28. The summed E-state index contributed by atoms with van der Waals surface area (Å²) in [4.78, 5) is 27.0. The van der Waals surface area contributed by atoms with Crippen molar-refractivity contribution in [2.24, 2.45) is 11.8 Å². The van der Waals surface area contributed by atoms with Crippen LogP contribution in [0.5, 0.6) is 0 Å². The van der Waals surface area contributed by atoms with E-state index in [-0.39, 0.29) is 17.8 Å². The second-order valence-corrected chi connectivity index (χ2v) is 9.68. The van der Waals surface area contributed by atoms with Crippen LogP contribution < -0.4 is 10.6 Å². The molecule has 1 aliphatic carbocycles. The summed E-state index contributed by atoms with van der Waals surface area (Å²) in [5, 5.41) is 6.80. The van der Waals surface area contributed by atoms with Gasteiger partial charge in [0.2, 0.25) is 5.91 Å². The monoisotopic (exact) mass is 457 g/mol. The minimum atomic E-state index is -0.398. The zero-order valence-electron chi connectivity index (χ0n) is 19.6. The van der Waals surface area contributed by atoms with Gasteiger partial charge in [0.25, 0.3) is 0 Å². The second-order valence-electron chi connectivity index (χ2n) is 9.29. The highest BCUT2D eigenvalue weighted by atomic mass is 32.1. The molecule has 0 radical (unpaired) electrons. The fourth-order valence-electron chi connectivity index (χ4n) is 4.29. The summed E-state index contributed by atoms with van der Waals surface area (Å²) >= 11 is 5.46. The van der Waals surface area contributed by atoms with Crippen molar-refractivity contribution >= 4 is 34.9 Å². The molecule has 1 aromatic rings. The number of esters is 1. The summed E-state index contributed by atoms with van der Waals surface area (Å²) in [6.07, 6.45) is 6.62. The number of nitrogens with zero attached hydrogens (tertiary/aromatic N) is 1. The minimum Gasteiger partial charge on any atom is -0.462 e. The Bertz CT molecular complexity index is 873. The molecular weight excluding hydrogens is 422 g/mol. The lowest BCUT2D eigenvalue weighted by Crippen LogP contribution is -2.46. The number of hydrogen-bond acceptors (Lipinski definition) is 4. The van der Waals surface area contributed by atoms with Gasteiger partial charge in [0, 0.05) is 24.9 Å². The van der Waals surface area contributed by atoms with Gasteiger partial charge in [-0.3, -0.25) is 4.79 Å². The van der Waals surface area contributed by atoms with Crippen LogP contribution in [0.3, 0.4) is 0 Å². The summed E-state index contributed by atoms with van der Waals surface area (Å²) < 4.78 is 5.53. The van der Waals surface area contributed by atoms with Crippen LogP contribution in [-0.2, 0) is 14.3 Å².